The average molecular weight is 199 g/mol. The highest BCUT2D eigenvalue weighted by Gasteiger charge is 2.13. The molecule has 0 saturated carbocycles. The zero-order valence-electron chi connectivity index (χ0n) is 8.48. The third-order valence-corrected chi connectivity index (χ3v) is 2.39. The maximum Gasteiger partial charge on any atom is 0.129 e. The lowest BCUT2D eigenvalue weighted by Crippen LogP contribution is -2.13. The standard InChI is InChI=1S/C11H15F2N/c1-3-8-9(11(14)4-2)5-7(12)6-10(8)13/h5-6,11H,3-4,14H2,1-2H3/t11-/m0/s1. The topological polar surface area (TPSA) is 26.0 Å². The van der Waals surface area contributed by atoms with Gasteiger partial charge < -0.3 is 5.73 Å². The molecule has 0 unspecified atom stereocenters. The first-order valence-corrected chi connectivity index (χ1v) is 4.83. The number of hydrogen-bond acceptors (Lipinski definition) is 1. The first kappa shape index (κ1) is 11.1. The van der Waals surface area contributed by atoms with Crippen molar-refractivity contribution in [3.63, 3.8) is 0 Å². The molecule has 0 aliphatic rings. The molecule has 1 atom stereocenters. The molecular weight excluding hydrogens is 184 g/mol. The molecule has 0 spiro atoms. The van der Waals surface area contributed by atoms with Crippen LogP contribution in [0.2, 0.25) is 0 Å². The summed E-state index contributed by atoms with van der Waals surface area (Å²) in [6.07, 6.45) is 1.21. The maximum absolute atomic E-state index is 13.3. The third kappa shape index (κ3) is 2.10. The van der Waals surface area contributed by atoms with Gasteiger partial charge in [-0.1, -0.05) is 13.8 Å². The minimum absolute atomic E-state index is 0.282. The Morgan fingerprint density at radius 3 is 2.43 bits per heavy atom. The van der Waals surface area contributed by atoms with Crippen LogP contribution in [0.4, 0.5) is 8.78 Å². The zero-order chi connectivity index (χ0) is 10.7. The van der Waals surface area contributed by atoms with Crippen molar-refractivity contribution >= 4 is 0 Å². The van der Waals surface area contributed by atoms with Crippen molar-refractivity contribution in [2.75, 3.05) is 0 Å². The summed E-state index contributed by atoms with van der Waals surface area (Å²) in [6, 6.07) is 1.95. The van der Waals surface area contributed by atoms with Crippen LogP contribution in [-0.2, 0) is 6.42 Å². The summed E-state index contributed by atoms with van der Waals surface area (Å²) >= 11 is 0. The van der Waals surface area contributed by atoms with E-state index in [4.69, 9.17) is 5.73 Å². The molecule has 0 bridgehead atoms. The van der Waals surface area contributed by atoms with E-state index in [0.717, 1.165) is 6.07 Å². The first-order valence-electron chi connectivity index (χ1n) is 4.83. The molecule has 0 heterocycles. The molecule has 1 aromatic rings. The molecule has 0 fully saturated rings. The van der Waals surface area contributed by atoms with E-state index in [9.17, 15) is 8.78 Å². The Kier molecular flexibility index (Phi) is 3.58. The van der Waals surface area contributed by atoms with Gasteiger partial charge in [-0.15, -0.1) is 0 Å². The Balaban J connectivity index is 3.24. The summed E-state index contributed by atoms with van der Waals surface area (Å²) in [7, 11) is 0. The van der Waals surface area contributed by atoms with Gasteiger partial charge in [-0.05, 0) is 30.0 Å². The van der Waals surface area contributed by atoms with Crippen molar-refractivity contribution < 1.29 is 8.78 Å². The van der Waals surface area contributed by atoms with Gasteiger partial charge in [0, 0.05) is 12.1 Å². The van der Waals surface area contributed by atoms with Crippen molar-refractivity contribution in [3.05, 3.63) is 34.9 Å². The van der Waals surface area contributed by atoms with Crippen LogP contribution in [0.15, 0.2) is 12.1 Å². The Morgan fingerprint density at radius 2 is 1.93 bits per heavy atom. The quantitative estimate of drug-likeness (QED) is 0.795. The molecular formula is C11H15F2N. The number of nitrogens with two attached hydrogens (primary N) is 1. The summed E-state index contributed by atoms with van der Waals surface area (Å²) < 4.78 is 26.3. The summed E-state index contributed by atoms with van der Waals surface area (Å²) in [5, 5.41) is 0. The lowest BCUT2D eigenvalue weighted by atomic mass is 9.97. The van der Waals surface area contributed by atoms with Gasteiger partial charge in [-0.25, -0.2) is 8.78 Å². The third-order valence-electron chi connectivity index (χ3n) is 2.39. The van der Waals surface area contributed by atoms with Gasteiger partial charge in [0.2, 0.25) is 0 Å². The molecule has 0 aliphatic carbocycles. The van der Waals surface area contributed by atoms with Crippen LogP contribution in [0.3, 0.4) is 0 Å². The van der Waals surface area contributed by atoms with E-state index in [1.807, 2.05) is 13.8 Å². The van der Waals surface area contributed by atoms with E-state index in [2.05, 4.69) is 0 Å². The predicted molar refractivity (Wildman–Crippen MR) is 53.0 cm³/mol. The summed E-state index contributed by atoms with van der Waals surface area (Å²) in [5.41, 5.74) is 6.89. The van der Waals surface area contributed by atoms with Gasteiger partial charge >= 0.3 is 0 Å². The molecule has 1 rings (SSSR count). The lowest BCUT2D eigenvalue weighted by molar-refractivity contribution is 0.558. The fourth-order valence-corrected chi connectivity index (χ4v) is 1.55. The van der Waals surface area contributed by atoms with Crippen molar-refractivity contribution in [2.45, 2.75) is 32.7 Å². The van der Waals surface area contributed by atoms with Gasteiger partial charge in [-0.2, -0.15) is 0 Å². The Bertz CT molecular complexity index is 323. The highest BCUT2D eigenvalue weighted by atomic mass is 19.1. The van der Waals surface area contributed by atoms with Crippen LogP contribution >= 0.6 is 0 Å². The second-order valence-electron chi connectivity index (χ2n) is 3.32. The first-order chi connectivity index (χ1) is 6.60. The number of rotatable bonds is 3. The molecule has 0 saturated heterocycles. The van der Waals surface area contributed by atoms with Gasteiger partial charge in [-0.3, -0.25) is 0 Å². The molecule has 14 heavy (non-hydrogen) atoms. The largest absolute Gasteiger partial charge is 0.324 e. The van der Waals surface area contributed by atoms with Crippen LogP contribution < -0.4 is 5.73 Å². The second kappa shape index (κ2) is 4.51. The summed E-state index contributed by atoms with van der Waals surface area (Å²) in [6.45, 7) is 3.73. The second-order valence-corrected chi connectivity index (χ2v) is 3.32. The molecule has 0 aliphatic heterocycles. The average Bonchev–Trinajstić information content (AvgIpc) is 2.15. The fraction of sp³-hybridized carbons (Fsp3) is 0.455. The molecule has 3 heteroatoms. The minimum Gasteiger partial charge on any atom is -0.324 e. The monoisotopic (exact) mass is 199 g/mol. The van der Waals surface area contributed by atoms with Crippen LogP contribution in [0, 0.1) is 11.6 Å². The van der Waals surface area contributed by atoms with Gasteiger partial charge in [0.15, 0.2) is 0 Å². The van der Waals surface area contributed by atoms with Crippen molar-refractivity contribution in [1.82, 2.24) is 0 Å². The molecule has 2 N–H and O–H groups in total. The smallest absolute Gasteiger partial charge is 0.129 e. The summed E-state index contributed by atoms with van der Waals surface area (Å²) in [4.78, 5) is 0. The normalized spacial score (nSPS) is 12.9. The number of benzene rings is 1. The SMILES string of the molecule is CCc1c(F)cc(F)cc1[C@@H](N)CC. The number of hydrogen-bond donors (Lipinski definition) is 1. The molecule has 1 aromatic carbocycles. The molecule has 0 radical (unpaired) electrons. The number of halogens is 2. The maximum atomic E-state index is 13.3. The molecule has 78 valence electrons. The fourth-order valence-electron chi connectivity index (χ4n) is 1.55. The van der Waals surface area contributed by atoms with Gasteiger partial charge in [0.05, 0.1) is 0 Å². The van der Waals surface area contributed by atoms with E-state index < -0.39 is 11.6 Å². The molecule has 0 amide bonds. The predicted octanol–water partition coefficient (Wildman–Crippen LogP) is 2.94. The van der Waals surface area contributed by atoms with Crippen LogP contribution in [0.1, 0.15) is 37.4 Å². The Labute approximate surface area is 82.9 Å². The van der Waals surface area contributed by atoms with E-state index in [0.29, 0.717) is 24.0 Å². The Hall–Kier alpha value is -0.960. The van der Waals surface area contributed by atoms with Crippen LogP contribution in [-0.4, -0.2) is 0 Å². The molecule has 1 nitrogen and oxygen atoms in total. The lowest BCUT2D eigenvalue weighted by Gasteiger charge is -2.14. The molecule has 0 aromatic heterocycles. The van der Waals surface area contributed by atoms with Gasteiger partial charge in [0.25, 0.3) is 0 Å². The summed E-state index contributed by atoms with van der Waals surface area (Å²) in [5.74, 6) is -1.05. The van der Waals surface area contributed by atoms with Gasteiger partial charge in [0.1, 0.15) is 11.6 Å². The highest BCUT2D eigenvalue weighted by Crippen LogP contribution is 2.23. The highest BCUT2D eigenvalue weighted by molar-refractivity contribution is 5.32. The van der Waals surface area contributed by atoms with Crippen LogP contribution in [0.25, 0.3) is 0 Å². The van der Waals surface area contributed by atoms with E-state index >= 15 is 0 Å². The Morgan fingerprint density at radius 1 is 1.29 bits per heavy atom. The van der Waals surface area contributed by atoms with Crippen molar-refractivity contribution in [2.24, 2.45) is 5.73 Å². The van der Waals surface area contributed by atoms with E-state index in [1.165, 1.54) is 6.07 Å². The van der Waals surface area contributed by atoms with E-state index in [1.54, 1.807) is 0 Å². The van der Waals surface area contributed by atoms with E-state index in [-0.39, 0.29) is 6.04 Å². The van der Waals surface area contributed by atoms with Crippen LogP contribution in [0.5, 0.6) is 0 Å². The minimum atomic E-state index is -0.557. The van der Waals surface area contributed by atoms with Crippen molar-refractivity contribution in [3.8, 4) is 0 Å². The van der Waals surface area contributed by atoms with Crippen molar-refractivity contribution in [1.29, 1.82) is 0 Å². The zero-order valence-corrected chi connectivity index (χ0v) is 8.48.